The first-order valence-corrected chi connectivity index (χ1v) is 7.90. The number of benzene rings is 1. The largest absolute Gasteiger partial charge is 0.493 e. The van der Waals surface area contributed by atoms with Crippen molar-refractivity contribution >= 4 is 15.9 Å². The fraction of sp³-hybridized carbons (Fsp3) is 0.600. The number of morpholine rings is 1. The Morgan fingerprint density at radius 1 is 1.40 bits per heavy atom. The SMILES string of the molecule is COc1cc(C2CNCCO2)cc(Br)c1OCC1CC1. The first-order valence-electron chi connectivity index (χ1n) is 7.10. The topological polar surface area (TPSA) is 39.7 Å². The van der Waals surface area contributed by atoms with Crippen LogP contribution in [0.5, 0.6) is 11.5 Å². The molecule has 0 amide bonds. The molecule has 0 spiro atoms. The lowest BCUT2D eigenvalue weighted by Gasteiger charge is -2.25. The Balaban J connectivity index is 1.79. The molecular weight excluding hydrogens is 322 g/mol. The molecule has 1 saturated carbocycles. The van der Waals surface area contributed by atoms with Gasteiger partial charge in [0.1, 0.15) is 0 Å². The van der Waals surface area contributed by atoms with Gasteiger partial charge in [-0.25, -0.2) is 0 Å². The average Bonchev–Trinajstić information content (AvgIpc) is 3.30. The maximum atomic E-state index is 5.90. The third kappa shape index (κ3) is 3.27. The summed E-state index contributed by atoms with van der Waals surface area (Å²) in [7, 11) is 1.68. The highest BCUT2D eigenvalue weighted by Crippen LogP contribution is 2.40. The zero-order chi connectivity index (χ0) is 13.9. The average molecular weight is 342 g/mol. The zero-order valence-corrected chi connectivity index (χ0v) is 13.2. The van der Waals surface area contributed by atoms with Crippen molar-refractivity contribution in [1.82, 2.24) is 5.32 Å². The van der Waals surface area contributed by atoms with Gasteiger partial charge in [0.2, 0.25) is 0 Å². The first kappa shape index (κ1) is 14.2. The van der Waals surface area contributed by atoms with Crippen molar-refractivity contribution in [2.24, 2.45) is 5.92 Å². The van der Waals surface area contributed by atoms with E-state index >= 15 is 0 Å². The quantitative estimate of drug-likeness (QED) is 0.893. The number of nitrogens with one attached hydrogen (secondary N) is 1. The first-order chi connectivity index (χ1) is 9.78. The van der Waals surface area contributed by atoms with Gasteiger partial charge >= 0.3 is 0 Å². The fourth-order valence-corrected chi connectivity index (χ4v) is 2.91. The van der Waals surface area contributed by atoms with Gasteiger partial charge in [0.25, 0.3) is 0 Å². The minimum atomic E-state index is 0.0754. The van der Waals surface area contributed by atoms with Crippen molar-refractivity contribution in [3.63, 3.8) is 0 Å². The van der Waals surface area contributed by atoms with Crippen LogP contribution in [0.25, 0.3) is 0 Å². The molecule has 1 aliphatic heterocycles. The van der Waals surface area contributed by atoms with Crippen molar-refractivity contribution in [3.8, 4) is 11.5 Å². The molecular formula is C15H20BrNO3. The monoisotopic (exact) mass is 341 g/mol. The summed E-state index contributed by atoms with van der Waals surface area (Å²) in [5.74, 6) is 2.29. The molecule has 5 heteroatoms. The van der Waals surface area contributed by atoms with E-state index in [4.69, 9.17) is 14.2 Å². The van der Waals surface area contributed by atoms with E-state index in [1.165, 1.54) is 12.8 Å². The van der Waals surface area contributed by atoms with Crippen molar-refractivity contribution in [2.45, 2.75) is 18.9 Å². The summed E-state index contributed by atoms with van der Waals surface area (Å²) in [4.78, 5) is 0. The van der Waals surface area contributed by atoms with Crippen LogP contribution in [-0.4, -0.2) is 33.4 Å². The predicted octanol–water partition coefficient (Wildman–Crippen LogP) is 2.91. The third-order valence-electron chi connectivity index (χ3n) is 3.71. The second-order valence-corrected chi connectivity index (χ2v) is 6.21. The summed E-state index contributed by atoms with van der Waals surface area (Å²) < 4.78 is 18.1. The Morgan fingerprint density at radius 3 is 2.90 bits per heavy atom. The van der Waals surface area contributed by atoms with E-state index in [0.717, 1.165) is 53.8 Å². The van der Waals surface area contributed by atoms with E-state index in [1.54, 1.807) is 7.11 Å². The summed E-state index contributed by atoms with van der Waals surface area (Å²) in [6.07, 6.45) is 2.63. The molecule has 1 unspecified atom stereocenters. The third-order valence-corrected chi connectivity index (χ3v) is 4.30. The van der Waals surface area contributed by atoms with Gasteiger partial charge in [-0.1, -0.05) is 0 Å². The molecule has 2 aliphatic rings. The molecule has 1 saturated heterocycles. The lowest BCUT2D eigenvalue weighted by atomic mass is 10.1. The van der Waals surface area contributed by atoms with E-state index in [-0.39, 0.29) is 6.10 Å². The van der Waals surface area contributed by atoms with Crippen molar-refractivity contribution < 1.29 is 14.2 Å². The molecule has 0 bridgehead atoms. The van der Waals surface area contributed by atoms with Crippen molar-refractivity contribution in [3.05, 3.63) is 22.2 Å². The maximum absolute atomic E-state index is 5.90. The summed E-state index contributed by atoms with van der Waals surface area (Å²) in [6, 6.07) is 4.09. The van der Waals surface area contributed by atoms with Crippen molar-refractivity contribution in [1.29, 1.82) is 0 Å². The molecule has 1 heterocycles. The highest BCUT2D eigenvalue weighted by Gasteiger charge is 2.24. The van der Waals surface area contributed by atoms with Gasteiger partial charge in [-0.3, -0.25) is 0 Å². The van der Waals surface area contributed by atoms with Crippen LogP contribution >= 0.6 is 15.9 Å². The molecule has 20 heavy (non-hydrogen) atoms. The van der Waals surface area contributed by atoms with Crippen LogP contribution in [-0.2, 0) is 4.74 Å². The van der Waals surface area contributed by atoms with E-state index in [9.17, 15) is 0 Å². The zero-order valence-electron chi connectivity index (χ0n) is 11.7. The second-order valence-electron chi connectivity index (χ2n) is 5.35. The highest BCUT2D eigenvalue weighted by atomic mass is 79.9. The summed E-state index contributed by atoms with van der Waals surface area (Å²) in [5.41, 5.74) is 1.11. The van der Waals surface area contributed by atoms with Gasteiger partial charge in [0.05, 0.1) is 30.9 Å². The van der Waals surface area contributed by atoms with Crippen LogP contribution in [0.15, 0.2) is 16.6 Å². The van der Waals surface area contributed by atoms with Crippen LogP contribution in [0, 0.1) is 5.92 Å². The molecule has 1 aromatic carbocycles. The number of hydrogen-bond acceptors (Lipinski definition) is 4. The summed E-state index contributed by atoms with van der Waals surface area (Å²) >= 11 is 3.59. The molecule has 2 fully saturated rings. The van der Waals surface area contributed by atoms with Crippen LogP contribution in [0.3, 0.4) is 0 Å². The lowest BCUT2D eigenvalue weighted by molar-refractivity contribution is 0.0275. The Labute approximate surface area is 127 Å². The van der Waals surface area contributed by atoms with Gasteiger partial charge in [-0.2, -0.15) is 0 Å². The van der Waals surface area contributed by atoms with E-state index < -0.39 is 0 Å². The number of hydrogen-bond donors (Lipinski definition) is 1. The molecule has 1 atom stereocenters. The lowest BCUT2D eigenvalue weighted by Crippen LogP contribution is -2.33. The number of rotatable bonds is 5. The Bertz CT molecular complexity index is 470. The summed E-state index contributed by atoms with van der Waals surface area (Å²) in [6.45, 7) is 3.26. The normalized spacial score (nSPS) is 22.6. The Hall–Kier alpha value is -0.780. The van der Waals surface area contributed by atoms with Gasteiger partial charge in [-0.05, 0) is 52.4 Å². The van der Waals surface area contributed by atoms with E-state index in [1.807, 2.05) is 6.07 Å². The Morgan fingerprint density at radius 2 is 2.25 bits per heavy atom. The van der Waals surface area contributed by atoms with Crippen LogP contribution < -0.4 is 14.8 Å². The van der Waals surface area contributed by atoms with Crippen LogP contribution in [0.2, 0.25) is 0 Å². The van der Waals surface area contributed by atoms with Crippen LogP contribution in [0.1, 0.15) is 24.5 Å². The molecule has 1 aliphatic carbocycles. The van der Waals surface area contributed by atoms with E-state index in [0.29, 0.717) is 0 Å². The Kier molecular flexibility index (Phi) is 4.48. The molecule has 4 nitrogen and oxygen atoms in total. The fourth-order valence-electron chi connectivity index (χ4n) is 2.33. The molecule has 0 aromatic heterocycles. The maximum Gasteiger partial charge on any atom is 0.175 e. The molecule has 3 rings (SSSR count). The van der Waals surface area contributed by atoms with Gasteiger partial charge in [-0.15, -0.1) is 0 Å². The number of methoxy groups -OCH3 is 1. The standard InChI is InChI=1S/C15H20BrNO3/c1-18-13-7-11(14-8-17-4-5-19-14)6-12(16)15(13)20-9-10-2-3-10/h6-7,10,14,17H,2-5,8-9H2,1H3. The predicted molar refractivity (Wildman–Crippen MR) is 80.5 cm³/mol. The van der Waals surface area contributed by atoms with E-state index in [2.05, 4.69) is 27.3 Å². The van der Waals surface area contributed by atoms with Gasteiger partial charge in [0.15, 0.2) is 11.5 Å². The van der Waals surface area contributed by atoms with Gasteiger partial charge in [0, 0.05) is 13.1 Å². The highest BCUT2D eigenvalue weighted by molar-refractivity contribution is 9.10. The molecule has 1 N–H and O–H groups in total. The van der Waals surface area contributed by atoms with Gasteiger partial charge < -0.3 is 19.5 Å². The molecule has 1 aromatic rings. The minimum absolute atomic E-state index is 0.0754. The smallest absolute Gasteiger partial charge is 0.175 e. The minimum Gasteiger partial charge on any atom is -0.493 e. The van der Waals surface area contributed by atoms with Crippen LogP contribution in [0.4, 0.5) is 0 Å². The molecule has 110 valence electrons. The summed E-state index contributed by atoms with van der Waals surface area (Å²) in [5, 5.41) is 3.34. The number of halogens is 1. The second kappa shape index (κ2) is 6.33. The van der Waals surface area contributed by atoms with Crippen molar-refractivity contribution in [2.75, 3.05) is 33.4 Å². The number of ether oxygens (including phenoxy) is 3. The molecule has 0 radical (unpaired) electrons.